The summed E-state index contributed by atoms with van der Waals surface area (Å²) < 4.78 is 0.797. The Hall–Kier alpha value is -1.96. The second-order valence-corrected chi connectivity index (χ2v) is 6.87. The van der Waals surface area contributed by atoms with Gasteiger partial charge in [0.1, 0.15) is 0 Å². The van der Waals surface area contributed by atoms with E-state index in [1.807, 2.05) is 24.4 Å². The number of rotatable bonds is 2. The van der Waals surface area contributed by atoms with Gasteiger partial charge in [0.25, 0.3) is 0 Å². The van der Waals surface area contributed by atoms with Crippen LogP contribution in [0.3, 0.4) is 0 Å². The number of aryl methyl sites for hydroxylation is 1. The molecule has 6 nitrogen and oxygen atoms in total. The molecule has 4 N–H and O–H groups in total. The van der Waals surface area contributed by atoms with Crippen LogP contribution in [0, 0.1) is 6.92 Å². The Balaban J connectivity index is 2.06. The third-order valence-electron chi connectivity index (χ3n) is 3.88. The standard InChI is InChI=1S/C15H16ClN5OS/c1-8-2-4-18-11-6-9(10-3-5-23-14(10)16)7-12(13(8)11)19-20-15(17)21-22/h2-5,9,22H,6-7H2,1H3,(H3,17,20,21). The van der Waals surface area contributed by atoms with Gasteiger partial charge in [0.2, 0.25) is 5.96 Å². The van der Waals surface area contributed by atoms with Crippen LogP contribution >= 0.6 is 22.9 Å². The predicted molar refractivity (Wildman–Crippen MR) is 92.4 cm³/mol. The minimum absolute atomic E-state index is 0.156. The molecule has 120 valence electrons. The van der Waals surface area contributed by atoms with Crippen LogP contribution in [0.2, 0.25) is 4.34 Å². The van der Waals surface area contributed by atoms with Gasteiger partial charge in [-0.15, -0.1) is 16.4 Å². The van der Waals surface area contributed by atoms with Crippen molar-refractivity contribution in [2.45, 2.75) is 25.7 Å². The molecule has 2 aromatic heterocycles. The summed E-state index contributed by atoms with van der Waals surface area (Å²) in [4.78, 5) is 4.50. The normalized spacial score (nSPS) is 19.7. The molecule has 0 fully saturated rings. The highest BCUT2D eigenvalue weighted by Crippen LogP contribution is 2.38. The first-order chi connectivity index (χ1) is 11.1. The smallest absolute Gasteiger partial charge is 0.237 e. The molecule has 23 heavy (non-hydrogen) atoms. The average molecular weight is 350 g/mol. The zero-order valence-electron chi connectivity index (χ0n) is 12.5. The molecule has 1 atom stereocenters. The third kappa shape index (κ3) is 3.21. The lowest BCUT2D eigenvalue weighted by atomic mass is 9.81. The van der Waals surface area contributed by atoms with Gasteiger partial charge in [0.15, 0.2) is 0 Å². The fraction of sp³-hybridized carbons (Fsp3) is 0.267. The zero-order chi connectivity index (χ0) is 16.4. The van der Waals surface area contributed by atoms with E-state index in [9.17, 15) is 0 Å². The number of nitrogens with one attached hydrogen (secondary N) is 1. The van der Waals surface area contributed by atoms with Crippen molar-refractivity contribution < 1.29 is 5.21 Å². The highest BCUT2D eigenvalue weighted by Gasteiger charge is 2.28. The van der Waals surface area contributed by atoms with Gasteiger partial charge in [-0.25, -0.2) is 5.48 Å². The van der Waals surface area contributed by atoms with Crippen molar-refractivity contribution >= 4 is 34.6 Å². The lowest BCUT2D eigenvalue weighted by Gasteiger charge is -2.25. The molecular formula is C15H16ClN5OS. The molecule has 0 aromatic carbocycles. The number of thiophene rings is 1. The van der Waals surface area contributed by atoms with Crippen LogP contribution < -0.4 is 11.2 Å². The van der Waals surface area contributed by atoms with Crippen LogP contribution in [0.4, 0.5) is 0 Å². The highest BCUT2D eigenvalue weighted by molar-refractivity contribution is 7.14. The lowest BCUT2D eigenvalue weighted by molar-refractivity contribution is 0.232. The van der Waals surface area contributed by atoms with Crippen LogP contribution in [-0.4, -0.2) is 21.9 Å². The van der Waals surface area contributed by atoms with E-state index in [1.165, 1.54) is 11.3 Å². The summed E-state index contributed by atoms with van der Waals surface area (Å²) in [6.07, 6.45) is 3.30. The van der Waals surface area contributed by atoms with Gasteiger partial charge in [-0.2, -0.15) is 5.10 Å². The largest absolute Gasteiger partial charge is 0.367 e. The van der Waals surface area contributed by atoms with Crippen molar-refractivity contribution in [3.8, 4) is 0 Å². The Morgan fingerprint density at radius 3 is 3.00 bits per heavy atom. The highest BCUT2D eigenvalue weighted by atomic mass is 35.5. The number of nitrogens with zero attached hydrogens (tertiary/aromatic N) is 3. The van der Waals surface area contributed by atoms with Gasteiger partial charge >= 0.3 is 0 Å². The van der Waals surface area contributed by atoms with E-state index in [-0.39, 0.29) is 11.9 Å². The molecule has 0 saturated heterocycles. The summed E-state index contributed by atoms with van der Waals surface area (Å²) in [5.41, 5.74) is 12.2. The van der Waals surface area contributed by atoms with Crippen molar-refractivity contribution in [3.05, 3.63) is 50.4 Å². The molecule has 3 rings (SSSR count). The van der Waals surface area contributed by atoms with Crippen molar-refractivity contribution in [1.82, 2.24) is 10.5 Å². The number of fused-ring (bicyclic) bond motifs is 1. The quantitative estimate of drug-likeness (QED) is 0.441. The van der Waals surface area contributed by atoms with Crippen LogP contribution in [-0.2, 0) is 6.42 Å². The van der Waals surface area contributed by atoms with E-state index in [2.05, 4.69) is 15.2 Å². The number of pyridine rings is 1. The van der Waals surface area contributed by atoms with Gasteiger partial charge < -0.3 is 5.73 Å². The van der Waals surface area contributed by atoms with Crippen LogP contribution in [0.25, 0.3) is 0 Å². The maximum absolute atomic E-state index is 8.75. The lowest BCUT2D eigenvalue weighted by Crippen LogP contribution is -2.28. The summed E-state index contributed by atoms with van der Waals surface area (Å²) in [5, 5.41) is 18.8. The van der Waals surface area contributed by atoms with Gasteiger partial charge in [0, 0.05) is 11.8 Å². The number of guanidine groups is 1. The molecule has 0 bridgehead atoms. The number of halogens is 1. The molecule has 0 saturated carbocycles. The molecule has 2 aromatic rings. The summed E-state index contributed by atoms with van der Waals surface area (Å²) in [5.74, 6) is 0.0455. The van der Waals surface area contributed by atoms with Gasteiger partial charge in [-0.05, 0) is 54.3 Å². The molecular weight excluding hydrogens is 334 g/mol. The predicted octanol–water partition coefficient (Wildman–Crippen LogP) is 2.83. The fourth-order valence-electron chi connectivity index (χ4n) is 2.85. The SMILES string of the molecule is Cc1ccnc2c1C(=NN=C(N)NO)CC(c1ccsc1Cl)C2. The second-order valence-electron chi connectivity index (χ2n) is 5.35. The number of hydrogen-bond donors (Lipinski definition) is 3. The topological polar surface area (TPSA) is 95.9 Å². The summed E-state index contributed by atoms with van der Waals surface area (Å²) in [6, 6.07) is 3.99. The van der Waals surface area contributed by atoms with E-state index in [4.69, 9.17) is 22.5 Å². The van der Waals surface area contributed by atoms with E-state index >= 15 is 0 Å². The molecule has 1 unspecified atom stereocenters. The zero-order valence-corrected chi connectivity index (χ0v) is 14.0. The monoisotopic (exact) mass is 349 g/mol. The molecule has 8 heteroatoms. The van der Waals surface area contributed by atoms with Crippen molar-refractivity contribution in [2.24, 2.45) is 15.9 Å². The molecule has 0 amide bonds. The fourth-order valence-corrected chi connectivity index (χ4v) is 3.93. The Labute approximate surface area is 142 Å². The van der Waals surface area contributed by atoms with Crippen LogP contribution in [0.15, 0.2) is 33.9 Å². The number of nitrogens with two attached hydrogens (primary N) is 1. The van der Waals surface area contributed by atoms with E-state index in [1.54, 1.807) is 11.7 Å². The summed E-state index contributed by atoms with van der Waals surface area (Å²) >= 11 is 7.82. The van der Waals surface area contributed by atoms with Gasteiger partial charge in [-0.1, -0.05) is 11.6 Å². The summed E-state index contributed by atoms with van der Waals surface area (Å²) in [7, 11) is 0. The van der Waals surface area contributed by atoms with Crippen molar-refractivity contribution in [2.75, 3.05) is 0 Å². The molecule has 0 spiro atoms. The minimum Gasteiger partial charge on any atom is -0.367 e. The van der Waals surface area contributed by atoms with Crippen molar-refractivity contribution in [1.29, 1.82) is 0 Å². The Bertz CT molecular complexity index is 786. The Morgan fingerprint density at radius 2 is 2.30 bits per heavy atom. The molecule has 1 aliphatic rings. The Morgan fingerprint density at radius 1 is 1.48 bits per heavy atom. The van der Waals surface area contributed by atoms with E-state index < -0.39 is 0 Å². The number of hydroxylamine groups is 1. The van der Waals surface area contributed by atoms with Crippen LogP contribution in [0.5, 0.6) is 0 Å². The van der Waals surface area contributed by atoms with E-state index in [0.717, 1.165) is 38.9 Å². The first kappa shape index (κ1) is 15.9. The average Bonchev–Trinajstić information content (AvgIpc) is 2.98. The molecule has 2 heterocycles. The second kappa shape index (κ2) is 6.66. The molecule has 0 radical (unpaired) electrons. The number of aromatic nitrogens is 1. The molecule has 0 aliphatic heterocycles. The number of hydrogen-bond acceptors (Lipinski definition) is 5. The first-order valence-electron chi connectivity index (χ1n) is 7.08. The first-order valence-corrected chi connectivity index (χ1v) is 8.33. The van der Waals surface area contributed by atoms with Gasteiger partial charge in [0.05, 0.1) is 15.7 Å². The minimum atomic E-state index is -0.156. The third-order valence-corrected chi connectivity index (χ3v) is 5.09. The maximum atomic E-state index is 8.75. The summed E-state index contributed by atoms with van der Waals surface area (Å²) in [6.45, 7) is 2.02. The van der Waals surface area contributed by atoms with Gasteiger partial charge in [-0.3, -0.25) is 10.2 Å². The van der Waals surface area contributed by atoms with E-state index in [0.29, 0.717) is 6.42 Å². The van der Waals surface area contributed by atoms with Crippen molar-refractivity contribution in [3.63, 3.8) is 0 Å². The molecule has 1 aliphatic carbocycles. The Kier molecular flexibility index (Phi) is 4.61. The maximum Gasteiger partial charge on any atom is 0.237 e. The van der Waals surface area contributed by atoms with Crippen LogP contribution in [0.1, 0.15) is 34.7 Å².